The highest BCUT2D eigenvalue weighted by Crippen LogP contribution is 2.39. The molecule has 0 fully saturated rings. The molecule has 1 N–H and O–H groups in total. The van der Waals surface area contributed by atoms with E-state index in [1.54, 1.807) is 19.1 Å². The minimum absolute atomic E-state index is 0.0846. The first-order valence-corrected chi connectivity index (χ1v) is 10.8. The van der Waals surface area contributed by atoms with Gasteiger partial charge < -0.3 is 9.47 Å². The van der Waals surface area contributed by atoms with Crippen molar-refractivity contribution in [3.8, 4) is 5.75 Å². The smallest absolute Gasteiger partial charge is 0.326 e. The van der Waals surface area contributed by atoms with Gasteiger partial charge in [0.2, 0.25) is 0 Å². The maximum atomic E-state index is 13.3. The molecule has 0 bridgehead atoms. The van der Waals surface area contributed by atoms with Gasteiger partial charge in [-0.05, 0) is 61.6 Å². The van der Waals surface area contributed by atoms with Gasteiger partial charge in [-0.25, -0.2) is 13.1 Å². The molecule has 8 heteroatoms. The number of sulfonamides is 1. The molecule has 2 aromatic carbocycles. The van der Waals surface area contributed by atoms with Crippen molar-refractivity contribution in [2.45, 2.75) is 36.5 Å². The number of nitrogens with one attached hydrogen (secondary N) is 1. The summed E-state index contributed by atoms with van der Waals surface area (Å²) in [5.74, 6) is -1.16. The van der Waals surface area contributed by atoms with E-state index in [9.17, 15) is 18.0 Å². The number of esters is 1. The third kappa shape index (κ3) is 3.85. The lowest BCUT2D eigenvalue weighted by atomic mass is 9.69. The SMILES string of the molecule is CCOC(=O)C1(C(=O)NS(=O)(=O)c2ccc(OC)cc2)CCCc2ccccc21. The maximum absolute atomic E-state index is 13.3. The zero-order valence-corrected chi connectivity index (χ0v) is 17.1. The van der Waals surface area contributed by atoms with Gasteiger partial charge in [-0.15, -0.1) is 0 Å². The number of carbonyl (C=O) groups is 2. The summed E-state index contributed by atoms with van der Waals surface area (Å²) in [5, 5.41) is 0. The van der Waals surface area contributed by atoms with Crippen molar-refractivity contribution in [2.24, 2.45) is 0 Å². The summed E-state index contributed by atoms with van der Waals surface area (Å²) in [4.78, 5) is 26.1. The van der Waals surface area contributed by atoms with Crippen LogP contribution in [0, 0.1) is 0 Å². The number of rotatable bonds is 6. The third-order valence-corrected chi connectivity index (χ3v) is 6.43. The Labute approximate surface area is 170 Å². The highest BCUT2D eigenvalue weighted by molar-refractivity contribution is 7.90. The van der Waals surface area contributed by atoms with E-state index in [4.69, 9.17) is 9.47 Å². The molecule has 1 amide bonds. The zero-order chi connectivity index (χ0) is 21.1. The molecule has 1 aliphatic carbocycles. The van der Waals surface area contributed by atoms with Crippen molar-refractivity contribution >= 4 is 21.9 Å². The summed E-state index contributed by atoms with van der Waals surface area (Å²) in [6.45, 7) is 1.73. The number of benzene rings is 2. The van der Waals surface area contributed by atoms with Gasteiger partial charge in [0, 0.05) is 0 Å². The van der Waals surface area contributed by atoms with Crippen LogP contribution >= 0.6 is 0 Å². The molecule has 0 saturated carbocycles. The molecule has 0 aromatic heterocycles. The monoisotopic (exact) mass is 417 g/mol. The Morgan fingerprint density at radius 1 is 1.10 bits per heavy atom. The van der Waals surface area contributed by atoms with Gasteiger partial charge in [-0.1, -0.05) is 24.3 Å². The highest BCUT2D eigenvalue weighted by atomic mass is 32.2. The number of hydrogen-bond acceptors (Lipinski definition) is 6. The fraction of sp³-hybridized carbons (Fsp3) is 0.333. The number of fused-ring (bicyclic) bond motifs is 1. The molecule has 0 saturated heterocycles. The Balaban J connectivity index is 2.01. The molecule has 154 valence electrons. The molecule has 1 unspecified atom stereocenters. The van der Waals surface area contributed by atoms with Crippen molar-refractivity contribution in [1.82, 2.24) is 4.72 Å². The Hall–Kier alpha value is -2.87. The van der Waals surface area contributed by atoms with E-state index in [-0.39, 0.29) is 17.9 Å². The summed E-state index contributed by atoms with van der Waals surface area (Å²) in [6.07, 6.45) is 1.44. The molecule has 1 atom stereocenters. The zero-order valence-electron chi connectivity index (χ0n) is 16.3. The number of carbonyl (C=O) groups excluding carboxylic acids is 2. The lowest BCUT2D eigenvalue weighted by Crippen LogP contribution is -2.54. The van der Waals surface area contributed by atoms with Crippen LogP contribution in [0.15, 0.2) is 53.4 Å². The molecule has 2 aromatic rings. The van der Waals surface area contributed by atoms with Gasteiger partial charge in [0.05, 0.1) is 18.6 Å². The minimum atomic E-state index is -4.19. The fourth-order valence-corrected chi connectivity index (χ4v) is 4.68. The van der Waals surface area contributed by atoms with E-state index in [1.165, 1.54) is 31.4 Å². The Morgan fingerprint density at radius 2 is 1.79 bits per heavy atom. The average molecular weight is 417 g/mol. The van der Waals surface area contributed by atoms with Gasteiger partial charge in [-0.3, -0.25) is 9.59 Å². The van der Waals surface area contributed by atoms with Crippen molar-refractivity contribution in [3.05, 3.63) is 59.7 Å². The molecule has 0 radical (unpaired) electrons. The van der Waals surface area contributed by atoms with Crippen LogP contribution in [0.2, 0.25) is 0 Å². The fourth-order valence-electron chi connectivity index (χ4n) is 3.65. The molecule has 0 spiro atoms. The average Bonchev–Trinajstić information content (AvgIpc) is 2.73. The summed E-state index contributed by atoms with van der Waals surface area (Å²) in [7, 11) is -2.72. The van der Waals surface area contributed by atoms with Crippen LogP contribution in [-0.2, 0) is 36.2 Å². The van der Waals surface area contributed by atoms with Crippen LogP contribution in [0.3, 0.4) is 0 Å². The van der Waals surface area contributed by atoms with E-state index >= 15 is 0 Å². The van der Waals surface area contributed by atoms with Crippen molar-refractivity contribution in [1.29, 1.82) is 0 Å². The number of amides is 1. The lowest BCUT2D eigenvalue weighted by Gasteiger charge is -2.35. The maximum Gasteiger partial charge on any atom is 0.326 e. The number of methoxy groups -OCH3 is 1. The first-order valence-electron chi connectivity index (χ1n) is 9.32. The van der Waals surface area contributed by atoms with E-state index in [2.05, 4.69) is 4.72 Å². The number of aryl methyl sites for hydroxylation is 1. The molecular weight excluding hydrogens is 394 g/mol. The topological polar surface area (TPSA) is 98.8 Å². The second kappa shape index (κ2) is 8.24. The first kappa shape index (κ1) is 20.9. The standard InChI is InChI=1S/C21H23NO6S/c1-3-28-20(24)21(14-6-8-15-7-4-5-9-18(15)21)19(23)22-29(25,26)17-12-10-16(27-2)11-13-17/h4-5,7,9-13H,3,6,8,14H2,1-2H3,(H,22,23). The number of hydrogen-bond donors (Lipinski definition) is 1. The predicted molar refractivity (Wildman–Crippen MR) is 106 cm³/mol. The normalized spacial score (nSPS) is 18.4. The molecule has 1 aliphatic rings. The van der Waals surface area contributed by atoms with Gasteiger partial charge in [0.25, 0.3) is 15.9 Å². The van der Waals surface area contributed by atoms with Crippen molar-refractivity contribution in [3.63, 3.8) is 0 Å². The first-order chi connectivity index (χ1) is 13.8. The summed E-state index contributed by atoms with van der Waals surface area (Å²) in [5.41, 5.74) is -0.374. The van der Waals surface area contributed by atoms with Crippen molar-refractivity contribution < 1.29 is 27.5 Å². The third-order valence-electron chi connectivity index (χ3n) is 5.08. The summed E-state index contributed by atoms with van der Waals surface area (Å²) < 4.78 is 37.9. The van der Waals surface area contributed by atoms with Crippen LogP contribution in [0.5, 0.6) is 5.75 Å². The van der Waals surface area contributed by atoms with Crippen LogP contribution in [-0.4, -0.2) is 34.0 Å². The van der Waals surface area contributed by atoms with Crippen molar-refractivity contribution in [2.75, 3.05) is 13.7 Å². The van der Waals surface area contributed by atoms with Gasteiger partial charge in [-0.2, -0.15) is 0 Å². The second-order valence-corrected chi connectivity index (χ2v) is 8.43. The van der Waals surface area contributed by atoms with Crippen LogP contribution in [0.1, 0.15) is 30.9 Å². The molecule has 3 rings (SSSR count). The molecule has 29 heavy (non-hydrogen) atoms. The van der Waals surface area contributed by atoms with Gasteiger partial charge >= 0.3 is 5.97 Å². The lowest BCUT2D eigenvalue weighted by molar-refractivity contribution is -0.155. The van der Waals surface area contributed by atoms with Gasteiger partial charge in [0.15, 0.2) is 5.41 Å². The van der Waals surface area contributed by atoms with Gasteiger partial charge in [0.1, 0.15) is 5.75 Å². The van der Waals surface area contributed by atoms with Crippen LogP contribution in [0.25, 0.3) is 0 Å². The Bertz CT molecular complexity index is 1020. The Morgan fingerprint density at radius 3 is 2.45 bits per heavy atom. The molecule has 0 heterocycles. The molecular formula is C21H23NO6S. The van der Waals surface area contributed by atoms with E-state index < -0.39 is 27.3 Å². The van der Waals surface area contributed by atoms with Crippen LogP contribution < -0.4 is 9.46 Å². The van der Waals surface area contributed by atoms with Crippen LogP contribution in [0.4, 0.5) is 0 Å². The summed E-state index contributed by atoms with van der Waals surface area (Å²) >= 11 is 0. The largest absolute Gasteiger partial charge is 0.497 e. The van der Waals surface area contributed by atoms with E-state index in [1.807, 2.05) is 12.1 Å². The quantitative estimate of drug-likeness (QED) is 0.572. The predicted octanol–water partition coefficient (Wildman–Crippen LogP) is 2.34. The minimum Gasteiger partial charge on any atom is -0.497 e. The Kier molecular flexibility index (Phi) is 5.93. The summed E-state index contributed by atoms with van der Waals surface area (Å²) in [6, 6.07) is 12.7. The highest BCUT2D eigenvalue weighted by Gasteiger charge is 2.52. The second-order valence-electron chi connectivity index (χ2n) is 6.75. The van der Waals surface area contributed by atoms with E-state index in [0.29, 0.717) is 24.2 Å². The van der Waals surface area contributed by atoms with E-state index in [0.717, 1.165) is 5.56 Å². The molecule has 7 nitrogen and oxygen atoms in total. The number of ether oxygens (including phenoxy) is 2. The molecule has 0 aliphatic heterocycles.